The Bertz CT molecular complexity index is 577. The van der Waals surface area contributed by atoms with Gasteiger partial charge in [-0.1, -0.05) is 29.8 Å². The van der Waals surface area contributed by atoms with Crippen molar-refractivity contribution in [3.63, 3.8) is 0 Å². The molecular formula is C15H15ClN2OS. The van der Waals surface area contributed by atoms with E-state index in [4.69, 9.17) is 11.6 Å². The Kier molecular flexibility index (Phi) is 5.44. The lowest BCUT2D eigenvalue weighted by Gasteiger charge is -2.13. The summed E-state index contributed by atoms with van der Waals surface area (Å²) in [6.07, 6.45) is 1.72. The highest BCUT2D eigenvalue weighted by molar-refractivity contribution is 8.00. The molecule has 0 fully saturated rings. The summed E-state index contributed by atoms with van der Waals surface area (Å²) in [6, 6.07) is 13.1. The predicted molar refractivity (Wildman–Crippen MR) is 83.0 cm³/mol. The molecule has 1 aromatic carbocycles. The van der Waals surface area contributed by atoms with Crippen LogP contribution >= 0.6 is 23.4 Å². The first-order valence-electron chi connectivity index (χ1n) is 6.24. The summed E-state index contributed by atoms with van der Waals surface area (Å²) in [6.45, 7) is 1.92. The van der Waals surface area contributed by atoms with E-state index in [0.29, 0.717) is 10.8 Å². The fourth-order valence-corrected chi connectivity index (χ4v) is 2.74. The summed E-state index contributed by atoms with van der Waals surface area (Å²) >= 11 is 7.47. The number of amides is 1. The minimum absolute atomic E-state index is 0.0342. The van der Waals surface area contributed by atoms with Gasteiger partial charge < -0.3 is 5.32 Å². The standard InChI is InChI=1S/C15H15ClN2OS/c1-11(13-7-4-5-9-17-13)18-15(19)10-20-14-8-3-2-6-12(14)16/h2-9,11H,10H2,1H3,(H,18,19). The van der Waals surface area contributed by atoms with Gasteiger partial charge in [0.15, 0.2) is 0 Å². The fraction of sp³-hybridized carbons (Fsp3) is 0.200. The van der Waals surface area contributed by atoms with Crippen LogP contribution in [0.4, 0.5) is 0 Å². The van der Waals surface area contributed by atoms with E-state index >= 15 is 0 Å². The van der Waals surface area contributed by atoms with Gasteiger partial charge in [-0.3, -0.25) is 9.78 Å². The Hall–Kier alpha value is -1.52. The molecule has 0 aliphatic heterocycles. The monoisotopic (exact) mass is 306 g/mol. The van der Waals surface area contributed by atoms with Crippen LogP contribution in [0.5, 0.6) is 0 Å². The molecule has 1 unspecified atom stereocenters. The van der Waals surface area contributed by atoms with Gasteiger partial charge in [0, 0.05) is 11.1 Å². The average Bonchev–Trinajstić information content (AvgIpc) is 2.47. The average molecular weight is 307 g/mol. The Morgan fingerprint density at radius 2 is 2.05 bits per heavy atom. The number of pyridine rings is 1. The molecule has 1 atom stereocenters. The van der Waals surface area contributed by atoms with Crippen molar-refractivity contribution in [1.82, 2.24) is 10.3 Å². The number of carbonyl (C=O) groups excluding carboxylic acids is 1. The van der Waals surface area contributed by atoms with Gasteiger partial charge in [0.05, 0.1) is 22.5 Å². The van der Waals surface area contributed by atoms with E-state index in [0.717, 1.165) is 10.6 Å². The summed E-state index contributed by atoms with van der Waals surface area (Å²) in [5, 5.41) is 3.59. The SMILES string of the molecule is CC(NC(=O)CSc1ccccc1Cl)c1ccccn1. The third-order valence-electron chi connectivity index (χ3n) is 2.70. The van der Waals surface area contributed by atoms with Gasteiger partial charge in [-0.25, -0.2) is 0 Å². The van der Waals surface area contributed by atoms with E-state index in [2.05, 4.69) is 10.3 Å². The summed E-state index contributed by atoms with van der Waals surface area (Å²) in [4.78, 5) is 17.0. The molecule has 1 heterocycles. The number of hydrogen-bond donors (Lipinski definition) is 1. The quantitative estimate of drug-likeness (QED) is 0.856. The predicted octanol–water partition coefficient (Wildman–Crippen LogP) is 3.70. The Balaban J connectivity index is 1.86. The molecule has 0 saturated heterocycles. The van der Waals surface area contributed by atoms with Crippen molar-refractivity contribution in [3.8, 4) is 0 Å². The van der Waals surface area contributed by atoms with Crippen LogP contribution in [-0.2, 0) is 4.79 Å². The minimum Gasteiger partial charge on any atom is -0.347 e. The summed E-state index contributed by atoms with van der Waals surface area (Å²) in [5.41, 5.74) is 0.851. The molecule has 0 aliphatic carbocycles. The van der Waals surface area contributed by atoms with Gasteiger partial charge in [0.1, 0.15) is 0 Å². The highest BCUT2D eigenvalue weighted by atomic mass is 35.5. The van der Waals surface area contributed by atoms with E-state index in [1.54, 1.807) is 6.20 Å². The van der Waals surface area contributed by atoms with Crippen molar-refractivity contribution in [1.29, 1.82) is 0 Å². The van der Waals surface area contributed by atoms with E-state index in [-0.39, 0.29) is 11.9 Å². The van der Waals surface area contributed by atoms with Crippen LogP contribution < -0.4 is 5.32 Å². The molecule has 1 amide bonds. The Morgan fingerprint density at radius 3 is 2.75 bits per heavy atom. The lowest BCUT2D eigenvalue weighted by Crippen LogP contribution is -2.28. The topological polar surface area (TPSA) is 42.0 Å². The van der Waals surface area contributed by atoms with Crippen molar-refractivity contribution in [2.45, 2.75) is 17.9 Å². The number of benzene rings is 1. The number of hydrogen-bond acceptors (Lipinski definition) is 3. The maximum Gasteiger partial charge on any atom is 0.230 e. The maximum atomic E-state index is 11.9. The third kappa shape index (κ3) is 4.25. The lowest BCUT2D eigenvalue weighted by molar-refractivity contribution is -0.119. The first-order chi connectivity index (χ1) is 9.66. The van der Waals surface area contributed by atoms with Crippen LogP contribution in [0.1, 0.15) is 18.7 Å². The Labute approximate surface area is 127 Å². The molecule has 104 valence electrons. The minimum atomic E-state index is -0.101. The van der Waals surface area contributed by atoms with Crippen LogP contribution in [0.15, 0.2) is 53.6 Å². The van der Waals surface area contributed by atoms with Crippen molar-refractivity contribution in [2.75, 3.05) is 5.75 Å². The lowest BCUT2D eigenvalue weighted by atomic mass is 10.2. The van der Waals surface area contributed by atoms with Gasteiger partial charge in [0.2, 0.25) is 5.91 Å². The van der Waals surface area contributed by atoms with Gasteiger partial charge >= 0.3 is 0 Å². The first kappa shape index (κ1) is 14.9. The van der Waals surface area contributed by atoms with Gasteiger partial charge in [-0.05, 0) is 31.2 Å². The zero-order chi connectivity index (χ0) is 14.4. The van der Waals surface area contributed by atoms with Crippen molar-refractivity contribution >= 4 is 29.3 Å². The van der Waals surface area contributed by atoms with Gasteiger partial charge in [-0.15, -0.1) is 11.8 Å². The second-order valence-electron chi connectivity index (χ2n) is 4.26. The third-order valence-corrected chi connectivity index (χ3v) is 4.22. The molecule has 0 radical (unpaired) electrons. The van der Waals surface area contributed by atoms with E-state index in [1.807, 2.05) is 49.4 Å². The van der Waals surface area contributed by atoms with Gasteiger partial charge in [-0.2, -0.15) is 0 Å². The number of nitrogens with zero attached hydrogens (tertiary/aromatic N) is 1. The van der Waals surface area contributed by atoms with Crippen molar-refractivity contribution < 1.29 is 4.79 Å². The highest BCUT2D eigenvalue weighted by Gasteiger charge is 2.11. The number of halogens is 1. The zero-order valence-electron chi connectivity index (χ0n) is 11.0. The molecule has 0 bridgehead atoms. The van der Waals surface area contributed by atoms with Gasteiger partial charge in [0.25, 0.3) is 0 Å². The second-order valence-corrected chi connectivity index (χ2v) is 5.69. The summed E-state index contributed by atoms with van der Waals surface area (Å²) < 4.78 is 0. The van der Waals surface area contributed by atoms with E-state index in [9.17, 15) is 4.79 Å². The second kappa shape index (κ2) is 7.31. The molecule has 0 spiro atoms. The van der Waals surface area contributed by atoms with Crippen LogP contribution in [-0.4, -0.2) is 16.6 Å². The molecule has 1 N–H and O–H groups in total. The number of thioether (sulfide) groups is 1. The summed E-state index contributed by atoms with van der Waals surface area (Å²) in [7, 11) is 0. The molecule has 20 heavy (non-hydrogen) atoms. The molecule has 3 nitrogen and oxygen atoms in total. The largest absolute Gasteiger partial charge is 0.347 e. The molecule has 1 aromatic heterocycles. The molecular weight excluding hydrogens is 292 g/mol. The van der Waals surface area contributed by atoms with Crippen LogP contribution in [0.2, 0.25) is 5.02 Å². The molecule has 2 rings (SSSR count). The van der Waals surface area contributed by atoms with E-state index in [1.165, 1.54) is 11.8 Å². The molecule has 2 aromatic rings. The van der Waals surface area contributed by atoms with Crippen LogP contribution in [0, 0.1) is 0 Å². The molecule has 0 aliphatic rings. The number of carbonyl (C=O) groups is 1. The van der Waals surface area contributed by atoms with Crippen LogP contribution in [0.25, 0.3) is 0 Å². The zero-order valence-corrected chi connectivity index (χ0v) is 12.6. The van der Waals surface area contributed by atoms with Crippen molar-refractivity contribution in [3.05, 3.63) is 59.4 Å². The smallest absolute Gasteiger partial charge is 0.230 e. The maximum absolute atomic E-state index is 11.9. The number of rotatable bonds is 5. The number of nitrogens with one attached hydrogen (secondary N) is 1. The van der Waals surface area contributed by atoms with Crippen LogP contribution in [0.3, 0.4) is 0 Å². The molecule has 5 heteroatoms. The normalized spacial score (nSPS) is 11.9. The van der Waals surface area contributed by atoms with Crippen molar-refractivity contribution in [2.24, 2.45) is 0 Å². The Morgan fingerprint density at radius 1 is 1.30 bits per heavy atom. The van der Waals surface area contributed by atoms with E-state index < -0.39 is 0 Å². The summed E-state index contributed by atoms with van der Waals surface area (Å²) in [5.74, 6) is 0.300. The first-order valence-corrected chi connectivity index (χ1v) is 7.61. The fourth-order valence-electron chi connectivity index (χ4n) is 1.69. The highest BCUT2D eigenvalue weighted by Crippen LogP contribution is 2.26. The molecule has 0 saturated carbocycles. The number of aromatic nitrogens is 1.